The summed E-state index contributed by atoms with van der Waals surface area (Å²) in [5.74, 6) is -0.954. The summed E-state index contributed by atoms with van der Waals surface area (Å²) in [5.41, 5.74) is 0.841. The Labute approximate surface area is 153 Å². The topological polar surface area (TPSA) is 90.0 Å². The molecule has 8 heteroatoms. The number of carbonyl (C=O) groups is 2. The number of benzene rings is 1. The summed E-state index contributed by atoms with van der Waals surface area (Å²) in [6, 6.07) is 6.60. The molecule has 1 atom stereocenters. The zero-order valence-corrected chi connectivity index (χ0v) is 15.4. The Hall–Kier alpha value is -1.93. The van der Waals surface area contributed by atoms with Gasteiger partial charge in [-0.25, -0.2) is 13.2 Å². The van der Waals surface area contributed by atoms with Gasteiger partial charge in [0.25, 0.3) is 0 Å². The van der Waals surface area contributed by atoms with Gasteiger partial charge in [0.2, 0.25) is 16.1 Å². The molecular formula is C18H23NO6S. The number of carbonyl (C=O) groups excluding carboxylic acids is 2. The van der Waals surface area contributed by atoms with Crippen molar-refractivity contribution < 1.29 is 27.5 Å². The minimum atomic E-state index is -3.44. The van der Waals surface area contributed by atoms with E-state index in [0.717, 1.165) is 24.8 Å². The summed E-state index contributed by atoms with van der Waals surface area (Å²) < 4.78 is 36.6. The summed E-state index contributed by atoms with van der Waals surface area (Å²) in [5, 5.41) is 0. The van der Waals surface area contributed by atoms with Crippen LogP contribution < -0.4 is 0 Å². The normalized spacial score (nSPS) is 21.4. The molecule has 2 aliphatic rings. The van der Waals surface area contributed by atoms with Gasteiger partial charge in [-0.3, -0.25) is 4.79 Å². The maximum Gasteiger partial charge on any atom is 0.347 e. The van der Waals surface area contributed by atoms with E-state index in [1.807, 2.05) is 0 Å². The van der Waals surface area contributed by atoms with Crippen LogP contribution in [0.5, 0.6) is 0 Å². The zero-order valence-electron chi connectivity index (χ0n) is 14.6. The van der Waals surface area contributed by atoms with Crippen LogP contribution in [-0.4, -0.2) is 50.5 Å². The molecule has 0 aromatic heterocycles. The molecule has 2 aliphatic heterocycles. The highest BCUT2D eigenvalue weighted by Gasteiger charge is 2.30. The van der Waals surface area contributed by atoms with E-state index in [2.05, 4.69) is 0 Å². The summed E-state index contributed by atoms with van der Waals surface area (Å²) in [4.78, 5) is 23.4. The summed E-state index contributed by atoms with van der Waals surface area (Å²) in [6.45, 7) is 1.42. The van der Waals surface area contributed by atoms with Crippen LogP contribution in [0.15, 0.2) is 29.2 Å². The van der Waals surface area contributed by atoms with Crippen LogP contribution in [-0.2, 0) is 35.5 Å². The molecule has 3 rings (SSSR count). The lowest BCUT2D eigenvalue weighted by Gasteiger charge is -2.25. The minimum absolute atomic E-state index is 0.127. The smallest absolute Gasteiger partial charge is 0.347 e. The predicted molar refractivity (Wildman–Crippen MR) is 92.8 cm³/mol. The molecular weight excluding hydrogens is 358 g/mol. The van der Waals surface area contributed by atoms with Gasteiger partial charge < -0.3 is 9.47 Å². The van der Waals surface area contributed by atoms with Gasteiger partial charge in [-0.05, 0) is 37.0 Å². The first-order valence-electron chi connectivity index (χ1n) is 8.92. The number of cyclic esters (lactones) is 1. The molecule has 142 valence electrons. The molecule has 0 bridgehead atoms. The Morgan fingerprint density at radius 1 is 1.15 bits per heavy atom. The summed E-state index contributed by atoms with van der Waals surface area (Å²) in [7, 11) is -3.44. The van der Waals surface area contributed by atoms with Crippen molar-refractivity contribution in [2.45, 2.75) is 49.5 Å². The van der Waals surface area contributed by atoms with Gasteiger partial charge in [0.05, 0.1) is 11.5 Å². The third kappa shape index (κ3) is 4.42. The highest BCUT2D eigenvalue weighted by atomic mass is 32.2. The van der Waals surface area contributed by atoms with E-state index < -0.39 is 28.1 Å². The second-order valence-electron chi connectivity index (χ2n) is 6.54. The largest absolute Gasteiger partial charge is 0.463 e. The number of hydrogen-bond acceptors (Lipinski definition) is 6. The lowest BCUT2D eigenvalue weighted by atomic mass is 10.1. The van der Waals surface area contributed by atoms with E-state index in [-0.39, 0.29) is 17.9 Å². The number of esters is 2. The van der Waals surface area contributed by atoms with Crippen LogP contribution in [0.25, 0.3) is 0 Å². The van der Waals surface area contributed by atoms with Gasteiger partial charge in [-0.2, -0.15) is 4.31 Å². The van der Waals surface area contributed by atoms with Crippen molar-refractivity contribution >= 4 is 22.0 Å². The minimum Gasteiger partial charge on any atom is -0.463 e. The third-order valence-corrected chi connectivity index (χ3v) is 6.57. The van der Waals surface area contributed by atoms with Crippen LogP contribution in [0.3, 0.4) is 0 Å². The molecule has 0 N–H and O–H groups in total. The quantitative estimate of drug-likeness (QED) is 0.696. The molecule has 2 saturated heterocycles. The second-order valence-corrected chi connectivity index (χ2v) is 8.48. The molecule has 2 fully saturated rings. The SMILES string of the molecule is O=C(CCc1ccc(S(=O)(=O)N2CCCCC2)cc1)O[C@@H]1CCOC1=O. The Balaban J connectivity index is 1.54. The van der Waals surface area contributed by atoms with Gasteiger partial charge in [0.15, 0.2) is 0 Å². The van der Waals surface area contributed by atoms with Crippen LogP contribution in [0.2, 0.25) is 0 Å². The number of rotatable bonds is 6. The van der Waals surface area contributed by atoms with E-state index in [1.54, 1.807) is 24.3 Å². The molecule has 2 heterocycles. The van der Waals surface area contributed by atoms with Crippen molar-refractivity contribution in [3.8, 4) is 0 Å². The monoisotopic (exact) mass is 381 g/mol. The molecule has 1 aromatic rings. The van der Waals surface area contributed by atoms with E-state index >= 15 is 0 Å². The summed E-state index contributed by atoms with van der Waals surface area (Å²) >= 11 is 0. The number of aryl methyl sites for hydroxylation is 1. The molecule has 0 radical (unpaired) electrons. The number of hydrogen-bond donors (Lipinski definition) is 0. The van der Waals surface area contributed by atoms with Crippen LogP contribution >= 0.6 is 0 Å². The molecule has 26 heavy (non-hydrogen) atoms. The predicted octanol–water partition coefficient (Wildman–Crippen LogP) is 1.65. The Kier molecular flexibility index (Phi) is 5.93. The molecule has 0 unspecified atom stereocenters. The van der Waals surface area contributed by atoms with E-state index in [9.17, 15) is 18.0 Å². The third-order valence-electron chi connectivity index (χ3n) is 4.65. The Bertz CT molecular complexity index is 752. The van der Waals surface area contributed by atoms with Crippen LogP contribution in [0.1, 0.15) is 37.7 Å². The van der Waals surface area contributed by atoms with Crippen molar-refractivity contribution in [2.75, 3.05) is 19.7 Å². The number of ether oxygens (including phenoxy) is 2. The lowest BCUT2D eigenvalue weighted by Crippen LogP contribution is -2.35. The standard InChI is InChI=1S/C18H23NO6S/c20-17(25-16-10-13-24-18(16)21)9-6-14-4-7-15(8-5-14)26(22,23)19-11-2-1-3-12-19/h4-5,7-8,16H,1-3,6,9-13H2/t16-/m1/s1. The fraction of sp³-hybridized carbons (Fsp3) is 0.556. The van der Waals surface area contributed by atoms with Crippen molar-refractivity contribution in [3.63, 3.8) is 0 Å². The average Bonchev–Trinajstić information content (AvgIpc) is 3.06. The van der Waals surface area contributed by atoms with Gasteiger partial charge in [-0.15, -0.1) is 0 Å². The molecule has 0 saturated carbocycles. The fourth-order valence-electron chi connectivity index (χ4n) is 3.13. The first-order valence-corrected chi connectivity index (χ1v) is 10.4. The van der Waals surface area contributed by atoms with Crippen molar-refractivity contribution in [2.24, 2.45) is 0 Å². The van der Waals surface area contributed by atoms with Crippen LogP contribution in [0, 0.1) is 0 Å². The molecule has 0 spiro atoms. The molecule has 0 amide bonds. The first-order chi connectivity index (χ1) is 12.5. The first kappa shape index (κ1) is 18.8. The lowest BCUT2D eigenvalue weighted by molar-refractivity contribution is -0.160. The van der Waals surface area contributed by atoms with Crippen molar-refractivity contribution in [1.29, 1.82) is 0 Å². The van der Waals surface area contributed by atoms with E-state index in [0.29, 0.717) is 25.9 Å². The number of nitrogens with zero attached hydrogens (tertiary/aromatic N) is 1. The highest BCUT2D eigenvalue weighted by molar-refractivity contribution is 7.89. The maximum atomic E-state index is 12.6. The van der Waals surface area contributed by atoms with Gasteiger partial charge >= 0.3 is 11.9 Å². The van der Waals surface area contributed by atoms with E-state index in [4.69, 9.17) is 9.47 Å². The molecule has 0 aliphatic carbocycles. The van der Waals surface area contributed by atoms with E-state index in [1.165, 1.54) is 4.31 Å². The van der Waals surface area contributed by atoms with Gasteiger partial charge in [-0.1, -0.05) is 18.6 Å². The van der Waals surface area contributed by atoms with Gasteiger partial charge in [0, 0.05) is 25.9 Å². The highest BCUT2D eigenvalue weighted by Crippen LogP contribution is 2.21. The van der Waals surface area contributed by atoms with Crippen LogP contribution in [0.4, 0.5) is 0 Å². The second kappa shape index (κ2) is 8.18. The Morgan fingerprint density at radius 3 is 2.46 bits per heavy atom. The summed E-state index contributed by atoms with van der Waals surface area (Å²) in [6.07, 6.45) is 3.02. The maximum absolute atomic E-state index is 12.6. The molecule has 1 aromatic carbocycles. The van der Waals surface area contributed by atoms with Crippen molar-refractivity contribution in [3.05, 3.63) is 29.8 Å². The number of piperidine rings is 1. The average molecular weight is 381 g/mol. The number of sulfonamides is 1. The van der Waals surface area contributed by atoms with Crippen molar-refractivity contribution in [1.82, 2.24) is 4.31 Å². The molecule has 7 nitrogen and oxygen atoms in total. The Morgan fingerprint density at radius 2 is 1.85 bits per heavy atom. The zero-order chi connectivity index (χ0) is 18.6. The van der Waals surface area contributed by atoms with Gasteiger partial charge in [0.1, 0.15) is 0 Å². The fourth-order valence-corrected chi connectivity index (χ4v) is 4.65.